The highest BCUT2D eigenvalue weighted by Gasteiger charge is 2.39. The molecule has 8 nitrogen and oxygen atoms in total. The van der Waals surface area contributed by atoms with Gasteiger partial charge in [0.15, 0.2) is 5.82 Å². The quantitative estimate of drug-likeness (QED) is 0.502. The normalized spacial score (nSPS) is 21.8. The molecule has 1 amide bonds. The number of nitrogens with zero attached hydrogens (tertiary/aromatic N) is 4. The van der Waals surface area contributed by atoms with Gasteiger partial charge < -0.3 is 4.90 Å². The molecule has 0 radical (unpaired) electrons. The van der Waals surface area contributed by atoms with E-state index in [0.717, 1.165) is 48.8 Å². The summed E-state index contributed by atoms with van der Waals surface area (Å²) in [5.74, 6) is 0.914. The van der Waals surface area contributed by atoms with Gasteiger partial charge in [0.05, 0.1) is 10.8 Å². The number of anilines is 1. The average Bonchev–Trinajstić information content (AvgIpc) is 3.28. The Morgan fingerprint density at radius 1 is 1.12 bits per heavy atom. The van der Waals surface area contributed by atoms with Crippen molar-refractivity contribution in [2.24, 2.45) is 5.92 Å². The van der Waals surface area contributed by atoms with Crippen molar-refractivity contribution >= 4 is 44.3 Å². The lowest BCUT2D eigenvalue weighted by Crippen LogP contribution is -2.42. The summed E-state index contributed by atoms with van der Waals surface area (Å²) in [6, 6.07) is 5.27. The lowest BCUT2D eigenvalue weighted by atomic mass is 9.97. The molecule has 1 N–H and O–H groups in total. The molecule has 4 rings (SSSR count). The number of hydrogen-bond acceptors (Lipinski definition) is 6. The first kappa shape index (κ1) is 25.4. The summed E-state index contributed by atoms with van der Waals surface area (Å²) in [6.45, 7) is 7.19. The van der Waals surface area contributed by atoms with Crippen molar-refractivity contribution in [3.8, 4) is 5.82 Å². The highest BCUT2D eigenvalue weighted by atomic mass is 127. The Hall–Kier alpha value is -1.69. The predicted molar refractivity (Wildman–Crippen MR) is 142 cm³/mol. The zero-order chi connectivity index (χ0) is 24.5. The van der Waals surface area contributed by atoms with Crippen molar-refractivity contribution in [2.45, 2.75) is 82.9 Å². The number of halogens is 1. The maximum Gasteiger partial charge on any atom is 0.268 e. The largest absolute Gasteiger partial charge is 0.350 e. The highest BCUT2D eigenvalue weighted by Crippen LogP contribution is 2.37. The van der Waals surface area contributed by atoms with Crippen LogP contribution in [-0.2, 0) is 10.0 Å². The topological polar surface area (TPSA) is 97.2 Å². The lowest BCUT2D eigenvalue weighted by molar-refractivity contribution is 0.0981. The fraction of sp³-hybridized carbons (Fsp3) is 0.625. The van der Waals surface area contributed by atoms with Crippen molar-refractivity contribution in [2.75, 3.05) is 11.4 Å². The maximum atomic E-state index is 13.4. The van der Waals surface area contributed by atoms with E-state index in [9.17, 15) is 13.2 Å². The number of aromatic nitrogens is 3. The molecule has 2 aromatic rings. The van der Waals surface area contributed by atoms with E-state index in [-0.39, 0.29) is 11.1 Å². The Morgan fingerprint density at radius 2 is 1.79 bits per heavy atom. The van der Waals surface area contributed by atoms with Crippen LogP contribution in [-0.4, -0.2) is 46.4 Å². The second-order valence-electron chi connectivity index (χ2n) is 10.3. The van der Waals surface area contributed by atoms with Crippen LogP contribution >= 0.6 is 22.6 Å². The van der Waals surface area contributed by atoms with Crippen molar-refractivity contribution in [1.29, 1.82) is 0 Å². The molecule has 3 heterocycles. The number of carbonyl (C=O) groups excluding carboxylic acids is 1. The zero-order valence-electron chi connectivity index (χ0n) is 20.1. The van der Waals surface area contributed by atoms with Crippen molar-refractivity contribution in [1.82, 2.24) is 19.5 Å². The second kappa shape index (κ2) is 10.1. The van der Waals surface area contributed by atoms with Gasteiger partial charge in [-0.25, -0.2) is 22.8 Å². The minimum absolute atomic E-state index is 0.211. The summed E-state index contributed by atoms with van der Waals surface area (Å²) < 4.78 is 31.2. The smallest absolute Gasteiger partial charge is 0.268 e. The molecule has 1 saturated carbocycles. The first-order valence-corrected chi connectivity index (χ1v) is 14.8. The minimum Gasteiger partial charge on any atom is -0.350 e. The maximum absolute atomic E-state index is 13.4. The number of rotatable bonds is 5. The van der Waals surface area contributed by atoms with E-state index in [4.69, 9.17) is 4.98 Å². The Kier molecular flexibility index (Phi) is 7.56. The van der Waals surface area contributed by atoms with Gasteiger partial charge in [0.1, 0.15) is 9.52 Å². The molecule has 186 valence electrons. The van der Waals surface area contributed by atoms with Crippen LogP contribution in [0.2, 0.25) is 0 Å². The van der Waals surface area contributed by atoms with E-state index >= 15 is 0 Å². The average molecular weight is 600 g/mol. The summed E-state index contributed by atoms with van der Waals surface area (Å²) in [6.07, 6.45) is 8.98. The summed E-state index contributed by atoms with van der Waals surface area (Å²) >= 11 is 2.14. The molecule has 0 bridgehead atoms. The van der Waals surface area contributed by atoms with Crippen LogP contribution in [0.15, 0.2) is 24.4 Å². The van der Waals surface area contributed by atoms with Crippen LogP contribution in [0.25, 0.3) is 5.82 Å². The monoisotopic (exact) mass is 599 g/mol. The second-order valence-corrected chi connectivity index (χ2v) is 13.4. The fourth-order valence-corrected chi connectivity index (χ4v) is 7.22. The van der Waals surface area contributed by atoms with Gasteiger partial charge in [0, 0.05) is 18.3 Å². The first-order chi connectivity index (χ1) is 16.1. The Bertz CT molecular complexity index is 1140. The molecule has 10 heteroatoms. The molecule has 0 aromatic carbocycles. The molecule has 34 heavy (non-hydrogen) atoms. The van der Waals surface area contributed by atoms with E-state index in [1.165, 1.54) is 0 Å². The Labute approximate surface area is 216 Å². The molecule has 1 aliphatic carbocycles. The van der Waals surface area contributed by atoms with Crippen molar-refractivity contribution < 1.29 is 13.2 Å². The van der Waals surface area contributed by atoms with Crippen molar-refractivity contribution in [3.05, 3.63) is 33.7 Å². The number of sulfonamides is 1. The van der Waals surface area contributed by atoms with E-state index < -0.39 is 21.2 Å². The number of amides is 1. The number of nitrogens with one attached hydrogen (secondary N) is 1. The minimum atomic E-state index is -3.77. The van der Waals surface area contributed by atoms with E-state index in [2.05, 4.69) is 58.1 Å². The number of hydrogen-bond donors (Lipinski definition) is 1. The Balaban J connectivity index is 1.68. The van der Waals surface area contributed by atoms with Crippen LogP contribution in [0.5, 0.6) is 0 Å². The third kappa shape index (κ3) is 5.58. The van der Waals surface area contributed by atoms with Crippen molar-refractivity contribution in [3.63, 3.8) is 0 Å². The first-order valence-electron chi connectivity index (χ1n) is 12.1. The highest BCUT2D eigenvalue weighted by molar-refractivity contribution is 14.1. The number of pyridine rings is 1. The summed E-state index contributed by atoms with van der Waals surface area (Å²) in [5.41, 5.74) is 0.0685. The Morgan fingerprint density at radius 3 is 2.38 bits per heavy atom. The van der Waals surface area contributed by atoms with Gasteiger partial charge in [-0.1, -0.05) is 39.0 Å². The van der Waals surface area contributed by atoms with E-state index in [0.29, 0.717) is 30.4 Å². The standard InChI is InChI=1S/C24H34IN5O3S/c1-17-15-24(2,3)29(16-17)22-19(11-12-21(26-22)30-14-13-20(25)27-30)23(31)28-34(32,33)18-9-7-5-4-6-8-10-18/h11-14,17-18H,4-10,15-16H2,1-3H3,(H,28,31)/t17-/m0/s1. The van der Waals surface area contributed by atoms with E-state index in [1.54, 1.807) is 16.8 Å². The zero-order valence-corrected chi connectivity index (χ0v) is 23.1. The van der Waals surface area contributed by atoms with Crippen LogP contribution in [0.4, 0.5) is 5.82 Å². The third-order valence-corrected chi connectivity index (χ3v) is 9.35. The SMILES string of the molecule is C[C@@H]1CN(c2nc(-n3ccc(I)n3)ccc2C(=O)NS(=O)(=O)C2CCCCCCC2)C(C)(C)C1. The molecular formula is C24H34IN5O3S. The van der Waals surface area contributed by atoms with Gasteiger partial charge in [-0.15, -0.1) is 0 Å². The van der Waals surface area contributed by atoms with Gasteiger partial charge in [0.25, 0.3) is 5.91 Å². The lowest BCUT2D eigenvalue weighted by Gasteiger charge is -2.34. The van der Waals surface area contributed by atoms with Gasteiger partial charge in [-0.3, -0.25) is 4.79 Å². The van der Waals surface area contributed by atoms with Gasteiger partial charge in [0.2, 0.25) is 10.0 Å². The summed E-state index contributed by atoms with van der Waals surface area (Å²) in [4.78, 5) is 20.4. The molecule has 0 unspecified atom stereocenters. The fourth-order valence-electron chi connectivity index (χ4n) is 5.33. The van der Waals surface area contributed by atoms with Gasteiger partial charge in [-0.05, 0) is 79.8 Å². The molecule has 2 aromatic heterocycles. The van der Waals surface area contributed by atoms with Crippen LogP contribution in [0, 0.1) is 9.62 Å². The molecule has 1 aliphatic heterocycles. The molecule has 1 saturated heterocycles. The molecule has 1 atom stereocenters. The van der Waals surface area contributed by atoms with E-state index in [1.807, 2.05) is 12.3 Å². The van der Waals surface area contributed by atoms with Gasteiger partial charge >= 0.3 is 0 Å². The predicted octanol–water partition coefficient (Wildman–Crippen LogP) is 4.67. The summed E-state index contributed by atoms with van der Waals surface area (Å²) in [7, 11) is -3.77. The molecular weight excluding hydrogens is 565 g/mol. The molecule has 2 aliphatic rings. The van der Waals surface area contributed by atoms with Crippen LogP contribution in [0.1, 0.15) is 82.5 Å². The summed E-state index contributed by atoms with van der Waals surface area (Å²) in [5, 5.41) is 3.91. The third-order valence-electron chi connectivity index (χ3n) is 6.95. The molecule has 0 spiro atoms. The van der Waals surface area contributed by atoms with Crippen LogP contribution in [0.3, 0.4) is 0 Å². The molecule has 2 fully saturated rings. The van der Waals surface area contributed by atoms with Crippen LogP contribution < -0.4 is 9.62 Å². The number of carbonyl (C=O) groups is 1. The van der Waals surface area contributed by atoms with Gasteiger partial charge in [-0.2, -0.15) is 5.10 Å².